The molecule has 0 radical (unpaired) electrons. The van der Waals surface area contributed by atoms with Crippen molar-refractivity contribution < 1.29 is 0 Å². The molecule has 0 spiro atoms. The molecule has 0 amide bonds. The zero-order valence-corrected chi connectivity index (χ0v) is 15.9. The maximum atomic E-state index is 4.71. The molecular weight excluding hydrogens is 358 g/mol. The van der Waals surface area contributed by atoms with Gasteiger partial charge in [0.05, 0.1) is 23.1 Å². The van der Waals surface area contributed by atoms with Crippen molar-refractivity contribution in [3.8, 4) is 11.3 Å². The summed E-state index contributed by atoms with van der Waals surface area (Å²) in [6.45, 7) is 2.31. The summed E-state index contributed by atoms with van der Waals surface area (Å²) in [6, 6.07) is 19.1. The Morgan fingerprint density at radius 3 is 2.76 bits per heavy atom. The molecule has 5 nitrogen and oxygen atoms in total. The summed E-state index contributed by atoms with van der Waals surface area (Å²) >= 11 is 0. The lowest BCUT2D eigenvalue weighted by molar-refractivity contribution is 1.02. The van der Waals surface area contributed by atoms with E-state index in [2.05, 4.69) is 67.8 Å². The third-order valence-electron chi connectivity index (χ3n) is 5.50. The molecule has 1 aliphatic heterocycles. The van der Waals surface area contributed by atoms with E-state index in [1.165, 1.54) is 11.3 Å². The molecule has 0 atom stereocenters. The number of anilines is 1. The van der Waals surface area contributed by atoms with Crippen molar-refractivity contribution in [2.45, 2.75) is 6.42 Å². The van der Waals surface area contributed by atoms with Gasteiger partial charge in [0.25, 0.3) is 0 Å². The average molecular weight is 377 g/mol. The highest BCUT2D eigenvalue weighted by atomic mass is 15.3. The van der Waals surface area contributed by atoms with Crippen LogP contribution in [0, 0.1) is 0 Å². The lowest BCUT2D eigenvalue weighted by atomic mass is 10.1. The summed E-state index contributed by atoms with van der Waals surface area (Å²) in [5.41, 5.74) is 7.58. The largest absolute Gasteiger partial charge is 0.368 e. The van der Waals surface area contributed by atoms with Crippen LogP contribution in [0.15, 0.2) is 79.4 Å². The van der Waals surface area contributed by atoms with Crippen molar-refractivity contribution in [3.63, 3.8) is 0 Å². The molecule has 6 rings (SSSR count). The highest BCUT2D eigenvalue weighted by molar-refractivity contribution is 5.83. The fraction of sp³-hybridized carbons (Fsp3) is 0.125. The van der Waals surface area contributed by atoms with E-state index in [4.69, 9.17) is 4.98 Å². The van der Waals surface area contributed by atoms with Crippen molar-refractivity contribution >= 4 is 22.2 Å². The third kappa shape index (κ3) is 2.91. The van der Waals surface area contributed by atoms with E-state index in [9.17, 15) is 0 Å². The zero-order chi connectivity index (χ0) is 19.2. The van der Waals surface area contributed by atoms with E-state index >= 15 is 0 Å². The van der Waals surface area contributed by atoms with Crippen molar-refractivity contribution in [1.82, 2.24) is 19.4 Å². The van der Waals surface area contributed by atoms with Crippen molar-refractivity contribution in [1.29, 1.82) is 0 Å². The van der Waals surface area contributed by atoms with Gasteiger partial charge in [-0.25, -0.2) is 4.98 Å². The number of aromatic nitrogens is 4. The van der Waals surface area contributed by atoms with E-state index < -0.39 is 0 Å². The molecule has 1 aliphatic rings. The SMILES string of the molecule is c1cc(Cc2nccn3c(-c4ccc5cccnc5c4)cnc23)cc(N2CC2)c1. The fourth-order valence-corrected chi connectivity index (χ4v) is 3.90. The monoisotopic (exact) mass is 377 g/mol. The van der Waals surface area contributed by atoms with Crippen LogP contribution in [0.25, 0.3) is 27.8 Å². The van der Waals surface area contributed by atoms with E-state index in [0.29, 0.717) is 0 Å². The molecule has 2 aromatic carbocycles. The van der Waals surface area contributed by atoms with Crippen LogP contribution < -0.4 is 4.90 Å². The van der Waals surface area contributed by atoms with Gasteiger partial charge in [0.2, 0.25) is 0 Å². The maximum absolute atomic E-state index is 4.71. The van der Waals surface area contributed by atoms with Gasteiger partial charge in [0.15, 0.2) is 5.65 Å². The highest BCUT2D eigenvalue weighted by Gasteiger charge is 2.18. The molecule has 1 fully saturated rings. The number of imidazole rings is 1. The number of nitrogens with zero attached hydrogens (tertiary/aromatic N) is 5. The smallest absolute Gasteiger partial charge is 0.159 e. The number of rotatable bonds is 4. The summed E-state index contributed by atoms with van der Waals surface area (Å²) in [5, 5.41) is 1.14. The van der Waals surface area contributed by atoms with Crippen LogP contribution >= 0.6 is 0 Å². The predicted molar refractivity (Wildman–Crippen MR) is 115 cm³/mol. The van der Waals surface area contributed by atoms with Crippen LogP contribution in [0.3, 0.4) is 0 Å². The van der Waals surface area contributed by atoms with Gasteiger partial charge in [-0.05, 0) is 29.8 Å². The lowest BCUT2D eigenvalue weighted by Gasteiger charge is -2.08. The minimum Gasteiger partial charge on any atom is -0.368 e. The Kier molecular flexibility index (Phi) is 3.59. The Hall–Kier alpha value is -3.73. The molecule has 0 bridgehead atoms. The van der Waals surface area contributed by atoms with Crippen LogP contribution in [0.1, 0.15) is 11.3 Å². The second-order valence-electron chi connectivity index (χ2n) is 7.46. The van der Waals surface area contributed by atoms with E-state index in [1.54, 1.807) is 0 Å². The van der Waals surface area contributed by atoms with E-state index in [-0.39, 0.29) is 0 Å². The quantitative estimate of drug-likeness (QED) is 0.437. The van der Waals surface area contributed by atoms with Gasteiger partial charge < -0.3 is 4.90 Å². The van der Waals surface area contributed by atoms with Crippen LogP contribution in [0.4, 0.5) is 5.69 Å². The number of hydrogen-bond acceptors (Lipinski definition) is 4. The van der Waals surface area contributed by atoms with Gasteiger partial charge in [-0.3, -0.25) is 14.4 Å². The van der Waals surface area contributed by atoms with Gasteiger partial charge in [0.1, 0.15) is 0 Å². The highest BCUT2D eigenvalue weighted by Crippen LogP contribution is 2.27. The Labute approximate surface area is 168 Å². The number of benzene rings is 2. The van der Waals surface area contributed by atoms with Crippen LogP contribution in [0.2, 0.25) is 0 Å². The zero-order valence-electron chi connectivity index (χ0n) is 15.9. The lowest BCUT2D eigenvalue weighted by Crippen LogP contribution is -1.99. The summed E-state index contributed by atoms with van der Waals surface area (Å²) in [4.78, 5) is 16.2. The van der Waals surface area contributed by atoms with Gasteiger partial charge in [-0.15, -0.1) is 0 Å². The molecule has 5 aromatic rings. The summed E-state index contributed by atoms with van der Waals surface area (Å²) in [5.74, 6) is 0. The molecule has 3 aromatic heterocycles. The first-order valence-electron chi connectivity index (χ1n) is 9.85. The number of hydrogen-bond donors (Lipinski definition) is 0. The van der Waals surface area contributed by atoms with Crippen LogP contribution in [-0.4, -0.2) is 32.4 Å². The summed E-state index contributed by atoms with van der Waals surface area (Å²) in [6.07, 6.45) is 8.37. The first-order valence-corrected chi connectivity index (χ1v) is 9.85. The standard InChI is InChI=1S/C24H19N5/c1-3-17(13-20(5-1)28-11-12-28)14-22-24-27-16-23(29(24)10-9-26-22)19-7-6-18-4-2-8-25-21(18)15-19/h1-10,13,15-16H,11-12,14H2. The first kappa shape index (κ1) is 16.2. The molecule has 0 unspecified atom stereocenters. The minimum absolute atomic E-state index is 0.766. The van der Waals surface area contributed by atoms with Gasteiger partial charge in [-0.2, -0.15) is 0 Å². The van der Waals surface area contributed by atoms with Crippen molar-refractivity contribution in [2.75, 3.05) is 18.0 Å². The minimum atomic E-state index is 0.766. The Morgan fingerprint density at radius 1 is 0.862 bits per heavy atom. The predicted octanol–water partition coefficient (Wildman–Crippen LogP) is 4.36. The molecule has 140 valence electrons. The molecule has 5 heteroatoms. The Balaban J connectivity index is 1.40. The van der Waals surface area contributed by atoms with Crippen molar-refractivity contribution in [2.24, 2.45) is 0 Å². The molecule has 0 N–H and O–H groups in total. The van der Waals surface area contributed by atoms with Gasteiger partial charge >= 0.3 is 0 Å². The van der Waals surface area contributed by atoms with Crippen molar-refractivity contribution in [3.05, 3.63) is 90.6 Å². The van der Waals surface area contributed by atoms with Crippen LogP contribution in [0.5, 0.6) is 0 Å². The first-order chi connectivity index (χ1) is 14.3. The molecule has 0 saturated carbocycles. The van der Waals surface area contributed by atoms with Gasteiger partial charge in [-0.1, -0.05) is 30.3 Å². The molecule has 29 heavy (non-hydrogen) atoms. The Morgan fingerprint density at radius 2 is 1.83 bits per heavy atom. The average Bonchev–Trinajstić information content (AvgIpc) is 3.53. The molecule has 4 heterocycles. The molecule has 1 saturated heterocycles. The normalized spacial score (nSPS) is 13.3. The summed E-state index contributed by atoms with van der Waals surface area (Å²) in [7, 11) is 0. The third-order valence-corrected chi connectivity index (χ3v) is 5.50. The molecule has 0 aliphatic carbocycles. The number of pyridine rings is 1. The fourth-order valence-electron chi connectivity index (χ4n) is 3.90. The van der Waals surface area contributed by atoms with E-state index in [0.717, 1.165) is 53.0 Å². The Bertz CT molecular complexity index is 1350. The maximum Gasteiger partial charge on any atom is 0.159 e. The number of fused-ring (bicyclic) bond motifs is 2. The molecular formula is C24H19N5. The van der Waals surface area contributed by atoms with E-state index in [1.807, 2.05) is 30.9 Å². The van der Waals surface area contributed by atoms with Gasteiger partial charge in [0, 0.05) is 54.7 Å². The van der Waals surface area contributed by atoms with Crippen LogP contribution in [-0.2, 0) is 6.42 Å². The second-order valence-corrected chi connectivity index (χ2v) is 7.46. The summed E-state index contributed by atoms with van der Waals surface area (Å²) < 4.78 is 2.13. The second kappa shape index (κ2) is 6.41. The topological polar surface area (TPSA) is 46.1 Å².